The predicted octanol–water partition coefficient (Wildman–Crippen LogP) is 8.33. The summed E-state index contributed by atoms with van der Waals surface area (Å²) >= 11 is 0. The summed E-state index contributed by atoms with van der Waals surface area (Å²) in [6.45, 7) is 3.04. The molecule has 0 radical (unpaired) electrons. The number of aliphatic hydroxyl groups excluding tert-OH is 1. The second-order valence-corrected chi connectivity index (χ2v) is 10.5. The van der Waals surface area contributed by atoms with E-state index in [9.17, 15) is 9.90 Å². The lowest BCUT2D eigenvalue weighted by molar-refractivity contribution is -0.121. The summed E-state index contributed by atoms with van der Waals surface area (Å²) in [6.07, 6.45) is 22.0. The maximum absolute atomic E-state index is 12.3. The number of unbranched alkanes of at least 4 members (excludes halogenated alkanes) is 12. The largest absolute Gasteiger partial charge is 0.465 e. The first-order valence-electron chi connectivity index (χ1n) is 14.7. The van der Waals surface area contributed by atoms with E-state index >= 15 is 0 Å². The van der Waals surface area contributed by atoms with Gasteiger partial charge in [-0.25, -0.2) is 0 Å². The van der Waals surface area contributed by atoms with Gasteiger partial charge in [0.15, 0.2) is 6.29 Å². The fourth-order valence-electron chi connectivity index (χ4n) is 4.84. The number of Topliss-reactive ketones (excluding diaryl/α,β-unsaturated/α-hetero) is 1. The molecule has 2 rings (SSSR count). The maximum Gasteiger partial charge on any atom is 0.199 e. The van der Waals surface area contributed by atoms with Gasteiger partial charge in [0.05, 0.1) is 12.7 Å². The SMILES string of the molecule is CCCCCCCCCCCCCCCC(O)CC(=O)CCc1ccc(OC2CCCCO2)cc1. The van der Waals surface area contributed by atoms with Crippen molar-refractivity contribution in [3.8, 4) is 5.75 Å². The van der Waals surface area contributed by atoms with E-state index in [-0.39, 0.29) is 12.1 Å². The molecule has 0 aliphatic carbocycles. The van der Waals surface area contributed by atoms with Crippen LogP contribution < -0.4 is 4.74 Å². The average molecular weight is 489 g/mol. The molecule has 0 spiro atoms. The summed E-state index contributed by atoms with van der Waals surface area (Å²) < 4.78 is 11.5. The molecule has 1 N–H and O–H groups in total. The minimum Gasteiger partial charge on any atom is -0.465 e. The van der Waals surface area contributed by atoms with E-state index in [1.807, 2.05) is 24.3 Å². The summed E-state index contributed by atoms with van der Waals surface area (Å²) in [5.74, 6) is 0.975. The van der Waals surface area contributed by atoms with Crippen molar-refractivity contribution in [1.29, 1.82) is 0 Å². The minimum absolute atomic E-state index is 0.132. The quantitative estimate of drug-likeness (QED) is 0.177. The molecule has 35 heavy (non-hydrogen) atoms. The second-order valence-electron chi connectivity index (χ2n) is 10.5. The number of aliphatic hydroxyl groups is 1. The van der Waals surface area contributed by atoms with Crippen LogP contribution in [-0.2, 0) is 16.0 Å². The Labute approximate surface area is 215 Å². The second kappa shape index (κ2) is 19.8. The third-order valence-corrected chi connectivity index (χ3v) is 7.13. The smallest absolute Gasteiger partial charge is 0.199 e. The fraction of sp³-hybridized carbons (Fsp3) is 0.774. The number of benzene rings is 1. The lowest BCUT2D eigenvalue weighted by Gasteiger charge is -2.23. The summed E-state index contributed by atoms with van der Waals surface area (Å²) in [7, 11) is 0. The molecule has 1 aliphatic heterocycles. The Balaban J connectivity index is 1.42. The molecular weight excluding hydrogens is 436 g/mol. The van der Waals surface area contributed by atoms with Crippen LogP contribution in [0.2, 0.25) is 0 Å². The summed E-state index contributed by atoms with van der Waals surface area (Å²) in [5.41, 5.74) is 1.13. The molecule has 4 heteroatoms. The van der Waals surface area contributed by atoms with Crippen LogP contribution in [0.1, 0.15) is 134 Å². The van der Waals surface area contributed by atoms with Crippen LogP contribution >= 0.6 is 0 Å². The molecule has 0 saturated carbocycles. The lowest BCUT2D eigenvalue weighted by Crippen LogP contribution is -2.24. The van der Waals surface area contributed by atoms with Crippen molar-refractivity contribution in [3.05, 3.63) is 29.8 Å². The van der Waals surface area contributed by atoms with Crippen LogP contribution in [0.15, 0.2) is 24.3 Å². The van der Waals surface area contributed by atoms with Crippen molar-refractivity contribution in [2.45, 2.75) is 148 Å². The Morgan fingerprint density at radius 2 is 1.51 bits per heavy atom. The Morgan fingerprint density at radius 1 is 0.914 bits per heavy atom. The third-order valence-electron chi connectivity index (χ3n) is 7.13. The van der Waals surface area contributed by atoms with Crippen molar-refractivity contribution in [2.75, 3.05) is 6.61 Å². The molecule has 200 valence electrons. The zero-order valence-corrected chi connectivity index (χ0v) is 22.5. The van der Waals surface area contributed by atoms with E-state index in [4.69, 9.17) is 9.47 Å². The van der Waals surface area contributed by atoms with E-state index in [1.54, 1.807) is 0 Å². The molecule has 1 aliphatic rings. The molecule has 0 bridgehead atoms. The molecule has 0 amide bonds. The Hall–Kier alpha value is -1.39. The standard InChI is InChI=1S/C31H52O4/c1-2-3-4-5-6-7-8-9-10-11-12-13-14-17-28(32)26-29(33)22-19-27-20-23-30(24-21-27)35-31-18-15-16-25-34-31/h20-21,23-24,28,31-32H,2-19,22,25-26H2,1H3. The number of carbonyl (C=O) groups excluding carboxylic acids is 1. The summed E-state index contributed by atoms with van der Waals surface area (Å²) in [6, 6.07) is 7.97. The number of ketones is 1. The zero-order valence-electron chi connectivity index (χ0n) is 22.5. The molecule has 2 atom stereocenters. The van der Waals surface area contributed by atoms with Gasteiger partial charge in [0.1, 0.15) is 11.5 Å². The van der Waals surface area contributed by atoms with E-state index in [2.05, 4.69) is 6.92 Å². The van der Waals surface area contributed by atoms with Gasteiger partial charge in [0.2, 0.25) is 0 Å². The normalized spacial score (nSPS) is 16.8. The molecule has 0 aromatic heterocycles. The molecule has 2 unspecified atom stereocenters. The summed E-state index contributed by atoms with van der Waals surface area (Å²) in [5, 5.41) is 10.2. The van der Waals surface area contributed by atoms with Crippen molar-refractivity contribution >= 4 is 5.78 Å². The predicted molar refractivity (Wildman–Crippen MR) is 145 cm³/mol. The van der Waals surface area contributed by atoms with E-state index in [0.29, 0.717) is 19.3 Å². The number of aryl methyl sites for hydroxylation is 1. The first-order valence-corrected chi connectivity index (χ1v) is 14.7. The molecule has 1 aromatic carbocycles. The summed E-state index contributed by atoms with van der Waals surface area (Å²) in [4.78, 5) is 12.3. The Kier molecular flexibility index (Phi) is 16.8. The van der Waals surface area contributed by atoms with Crippen LogP contribution in [0.25, 0.3) is 0 Å². The molecular formula is C31H52O4. The van der Waals surface area contributed by atoms with E-state index < -0.39 is 6.10 Å². The highest BCUT2D eigenvalue weighted by atomic mass is 16.7. The van der Waals surface area contributed by atoms with Crippen molar-refractivity contribution in [2.24, 2.45) is 0 Å². The molecule has 1 fully saturated rings. The molecule has 1 saturated heterocycles. The topological polar surface area (TPSA) is 55.8 Å². The fourth-order valence-corrected chi connectivity index (χ4v) is 4.84. The van der Waals surface area contributed by atoms with Gasteiger partial charge in [0.25, 0.3) is 0 Å². The average Bonchev–Trinajstić information content (AvgIpc) is 2.87. The first-order chi connectivity index (χ1) is 17.2. The molecule has 1 heterocycles. The number of rotatable bonds is 21. The molecule has 4 nitrogen and oxygen atoms in total. The molecule has 1 aromatic rings. The Morgan fingerprint density at radius 3 is 2.09 bits per heavy atom. The maximum atomic E-state index is 12.3. The van der Waals surface area contributed by atoms with Crippen molar-refractivity contribution in [3.63, 3.8) is 0 Å². The number of ether oxygens (including phenoxy) is 2. The van der Waals surface area contributed by atoms with Gasteiger partial charge in [-0.15, -0.1) is 0 Å². The van der Waals surface area contributed by atoms with Crippen molar-refractivity contribution in [1.82, 2.24) is 0 Å². The highest BCUT2D eigenvalue weighted by Gasteiger charge is 2.15. The zero-order chi connectivity index (χ0) is 25.0. The van der Waals surface area contributed by atoms with Crippen LogP contribution in [0.5, 0.6) is 5.75 Å². The highest BCUT2D eigenvalue weighted by molar-refractivity contribution is 5.79. The van der Waals surface area contributed by atoms with Gasteiger partial charge in [-0.2, -0.15) is 0 Å². The van der Waals surface area contributed by atoms with Crippen LogP contribution in [0, 0.1) is 0 Å². The number of hydrogen-bond donors (Lipinski definition) is 1. The van der Waals surface area contributed by atoms with Gasteiger partial charge >= 0.3 is 0 Å². The van der Waals surface area contributed by atoms with Gasteiger partial charge in [0, 0.05) is 19.3 Å². The van der Waals surface area contributed by atoms with Crippen LogP contribution in [0.4, 0.5) is 0 Å². The van der Waals surface area contributed by atoms with Gasteiger partial charge < -0.3 is 14.6 Å². The highest BCUT2D eigenvalue weighted by Crippen LogP contribution is 2.20. The van der Waals surface area contributed by atoms with Gasteiger partial charge in [-0.3, -0.25) is 4.79 Å². The first kappa shape index (κ1) is 29.8. The van der Waals surface area contributed by atoms with E-state index in [0.717, 1.165) is 50.0 Å². The Bertz CT molecular complexity index is 636. The van der Waals surface area contributed by atoms with E-state index in [1.165, 1.54) is 77.0 Å². The third kappa shape index (κ3) is 15.4. The number of carbonyl (C=O) groups is 1. The lowest BCUT2D eigenvalue weighted by atomic mass is 10.00. The van der Waals surface area contributed by atoms with Crippen LogP contribution in [0.3, 0.4) is 0 Å². The van der Waals surface area contributed by atoms with Crippen molar-refractivity contribution < 1.29 is 19.4 Å². The monoisotopic (exact) mass is 488 g/mol. The van der Waals surface area contributed by atoms with Gasteiger partial charge in [-0.05, 0) is 43.4 Å². The number of hydrogen-bond acceptors (Lipinski definition) is 4. The van der Waals surface area contributed by atoms with Gasteiger partial charge in [-0.1, -0.05) is 103 Å². The van der Waals surface area contributed by atoms with Crippen LogP contribution in [-0.4, -0.2) is 29.9 Å². The minimum atomic E-state index is -0.485.